The van der Waals surface area contributed by atoms with E-state index in [4.69, 9.17) is 34.8 Å². The molecule has 0 fully saturated rings. The lowest BCUT2D eigenvalue weighted by atomic mass is 10.0. The maximum absolute atomic E-state index is 11.1. The van der Waals surface area contributed by atoms with Crippen molar-refractivity contribution in [3.05, 3.63) is 0 Å². The van der Waals surface area contributed by atoms with Crippen molar-refractivity contribution in [2.24, 2.45) is 0 Å². The molecule has 1 amide bonds. The van der Waals surface area contributed by atoms with Crippen LogP contribution >= 0.6 is 34.8 Å². The van der Waals surface area contributed by atoms with Gasteiger partial charge in [0, 0.05) is 0 Å². The Bertz CT molecular complexity index is 214. The monoisotopic (exact) mass is 245 g/mol. The van der Waals surface area contributed by atoms with Crippen LogP contribution in [0.15, 0.2) is 0 Å². The first-order chi connectivity index (χ1) is 5.75. The maximum atomic E-state index is 11.1. The molecule has 0 saturated heterocycles. The zero-order chi connectivity index (χ0) is 10.7. The van der Waals surface area contributed by atoms with E-state index in [1.54, 1.807) is 13.8 Å². The predicted octanol–water partition coefficient (Wildman–Crippen LogP) is 1.84. The van der Waals surface area contributed by atoms with Crippen LogP contribution in [0.2, 0.25) is 0 Å². The lowest BCUT2D eigenvalue weighted by Crippen LogP contribution is -2.50. The predicted molar refractivity (Wildman–Crippen MR) is 53.2 cm³/mol. The molecule has 76 valence electrons. The first-order valence-corrected chi connectivity index (χ1v) is 4.74. The molecule has 13 heavy (non-hydrogen) atoms. The van der Waals surface area contributed by atoms with Gasteiger partial charge in [0.2, 0.25) is 0 Å². The minimum atomic E-state index is -2.03. The molecule has 0 unspecified atom stereocenters. The summed E-state index contributed by atoms with van der Waals surface area (Å²) in [6.07, 6.45) is 1.05. The van der Waals surface area contributed by atoms with Gasteiger partial charge in [0.05, 0.1) is 5.54 Å². The fourth-order valence-corrected chi connectivity index (χ4v) is 0.673. The lowest BCUT2D eigenvalue weighted by Gasteiger charge is -2.24. The summed E-state index contributed by atoms with van der Waals surface area (Å²) in [5, 5.41) is 2.33. The van der Waals surface area contributed by atoms with Crippen molar-refractivity contribution < 1.29 is 9.59 Å². The molecule has 3 nitrogen and oxygen atoms in total. The van der Waals surface area contributed by atoms with E-state index in [9.17, 15) is 9.59 Å². The van der Waals surface area contributed by atoms with E-state index >= 15 is 0 Å². The number of carbonyl (C=O) groups is 2. The van der Waals surface area contributed by atoms with Gasteiger partial charge in [0.1, 0.15) is 6.29 Å². The number of carbonyl (C=O) groups excluding carboxylic acids is 2. The summed E-state index contributed by atoms with van der Waals surface area (Å²) in [6, 6.07) is 0. The Morgan fingerprint density at radius 3 is 2.15 bits per heavy atom. The molecule has 0 aromatic carbocycles. The highest BCUT2D eigenvalue weighted by Gasteiger charge is 2.35. The Morgan fingerprint density at radius 2 is 1.92 bits per heavy atom. The number of aldehydes is 1. The van der Waals surface area contributed by atoms with Crippen molar-refractivity contribution in [1.29, 1.82) is 0 Å². The Labute approximate surface area is 91.7 Å². The standard InChI is InChI=1S/C7H10Cl3NO2/c1-3-6(2,4-12)11-5(13)7(8,9)10/h4H,3H2,1-2H3,(H,11,13)/t6-/m0/s1. The number of hydrogen-bond donors (Lipinski definition) is 1. The molecule has 0 aromatic heterocycles. The van der Waals surface area contributed by atoms with E-state index in [0.717, 1.165) is 0 Å². The molecular weight excluding hydrogens is 236 g/mol. The number of amides is 1. The summed E-state index contributed by atoms with van der Waals surface area (Å²) in [6.45, 7) is 3.29. The Balaban J connectivity index is 4.44. The minimum Gasteiger partial charge on any atom is -0.340 e. The number of hydrogen-bond acceptors (Lipinski definition) is 2. The van der Waals surface area contributed by atoms with Gasteiger partial charge in [-0.2, -0.15) is 0 Å². The normalized spacial score (nSPS) is 16.1. The summed E-state index contributed by atoms with van der Waals surface area (Å²) in [7, 11) is 0. The van der Waals surface area contributed by atoms with Gasteiger partial charge < -0.3 is 10.1 Å². The van der Waals surface area contributed by atoms with E-state index in [1.807, 2.05) is 0 Å². The average Bonchev–Trinajstić information content (AvgIpc) is 2.02. The second kappa shape index (κ2) is 4.49. The molecule has 0 rings (SSSR count). The quantitative estimate of drug-likeness (QED) is 0.610. The molecule has 0 aromatic rings. The van der Waals surface area contributed by atoms with Crippen LogP contribution in [0.3, 0.4) is 0 Å². The van der Waals surface area contributed by atoms with Gasteiger partial charge >= 0.3 is 0 Å². The molecule has 6 heteroatoms. The third-order valence-corrected chi connectivity index (χ3v) is 2.17. The third-order valence-electron chi connectivity index (χ3n) is 1.65. The van der Waals surface area contributed by atoms with Crippen LogP contribution < -0.4 is 5.32 Å². The molecule has 1 atom stereocenters. The molecule has 0 aliphatic heterocycles. The van der Waals surface area contributed by atoms with Crippen LogP contribution in [0.1, 0.15) is 20.3 Å². The summed E-state index contributed by atoms with van der Waals surface area (Å²) in [5.41, 5.74) is -0.971. The highest BCUT2D eigenvalue weighted by molar-refractivity contribution is 6.76. The molecule has 0 bridgehead atoms. The highest BCUT2D eigenvalue weighted by Crippen LogP contribution is 2.26. The van der Waals surface area contributed by atoms with Crippen molar-refractivity contribution in [1.82, 2.24) is 5.32 Å². The van der Waals surface area contributed by atoms with Crippen molar-refractivity contribution in [2.45, 2.75) is 29.6 Å². The van der Waals surface area contributed by atoms with Crippen LogP contribution in [0.5, 0.6) is 0 Å². The zero-order valence-electron chi connectivity index (χ0n) is 7.23. The van der Waals surface area contributed by atoms with Crippen LogP contribution in [0, 0.1) is 0 Å². The van der Waals surface area contributed by atoms with Gasteiger partial charge in [-0.1, -0.05) is 41.7 Å². The SMILES string of the molecule is CC[C@@](C)(C=O)NC(=O)C(Cl)(Cl)Cl. The van der Waals surface area contributed by atoms with Crippen LogP contribution in [-0.2, 0) is 9.59 Å². The van der Waals surface area contributed by atoms with Gasteiger partial charge in [-0.25, -0.2) is 0 Å². The molecule has 1 N–H and O–H groups in total. The average molecular weight is 247 g/mol. The van der Waals surface area contributed by atoms with E-state index in [2.05, 4.69) is 5.32 Å². The first-order valence-electron chi connectivity index (χ1n) is 3.61. The minimum absolute atomic E-state index is 0.434. The highest BCUT2D eigenvalue weighted by atomic mass is 35.6. The maximum Gasteiger partial charge on any atom is 0.272 e. The Hall–Kier alpha value is 0.01000. The number of halogens is 3. The van der Waals surface area contributed by atoms with Crippen molar-refractivity contribution in [3.8, 4) is 0 Å². The molecule has 0 aliphatic carbocycles. The van der Waals surface area contributed by atoms with E-state index in [0.29, 0.717) is 12.7 Å². The zero-order valence-corrected chi connectivity index (χ0v) is 9.50. The second-order valence-corrected chi connectivity index (χ2v) is 5.12. The third kappa shape index (κ3) is 4.16. The molecule has 0 heterocycles. The summed E-state index contributed by atoms with van der Waals surface area (Å²) >= 11 is 15.9. The number of alkyl halides is 3. The topological polar surface area (TPSA) is 46.2 Å². The Kier molecular flexibility index (Phi) is 4.49. The van der Waals surface area contributed by atoms with E-state index in [1.165, 1.54) is 0 Å². The molecule has 0 spiro atoms. The molecule has 0 saturated carbocycles. The van der Waals surface area contributed by atoms with Gasteiger partial charge in [0.15, 0.2) is 0 Å². The summed E-state index contributed by atoms with van der Waals surface area (Å²) in [5.74, 6) is -0.797. The lowest BCUT2D eigenvalue weighted by molar-refractivity contribution is -0.125. The van der Waals surface area contributed by atoms with Crippen LogP contribution in [0.25, 0.3) is 0 Å². The number of nitrogens with one attached hydrogen (secondary N) is 1. The first kappa shape index (κ1) is 13.0. The van der Waals surface area contributed by atoms with Crippen molar-refractivity contribution in [2.75, 3.05) is 0 Å². The van der Waals surface area contributed by atoms with Crippen LogP contribution in [-0.4, -0.2) is 21.5 Å². The second-order valence-electron chi connectivity index (χ2n) is 2.84. The van der Waals surface area contributed by atoms with E-state index < -0.39 is 15.2 Å². The van der Waals surface area contributed by atoms with E-state index in [-0.39, 0.29) is 0 Å². The fraction of sp³-hybridized carbons (Fsp3) is 0.714. The fourth-order valence-electron chi connectivity index (χ4n) is 0.531. The van der Waals surface area contributed by atoms with Gasteiger partial charge in [-0.3, -0.25) is 4.79 Å². The number of rotatable bonds is 3. The van der Waals surface area contributed by atoms with Crippen LogP contribution in [0.4, 0.5) is 0 Å². The van der Waals surface area contributed by atoms with Gasteiger partial charge in [0.25, 0.3) is 9.70 Å². The van der Waals surface area contributed by atoms with Gasteiger partial charge in [-0.05, 0) is 13.3 Å². The van der Waals surface area contributed by atoms with Crippen molar-refractivity contribution in [3.63, 3.8) is 0 Å². The van der Waals surface area contributed by atoms with Gasteiger partial charge in [-0.15, -0.1) is 0 Å². The largest absolute Gasteiger partial charge is 0.340 e. The molecule has 0 radical (unpaired) electrons. The summed E-state index contributed by atoms with van der Waals surface area (Å²) in [4.78, 5) is 21.7. The molecular formula is C7H10Cl3NO2. The molecule has 0 aliphatic rings. The summed E-state index contributed by atoms with van der Waals surface area (Å²) < 4.78 is -2.03. The Morgan fingerprint density at radius 1 is 1.46 bits per heavy atom. The van der Waals surface area contributed by atoms with Crippen molar-refractivity contribution >= 4 is 47.0 Å². The smallest absolute Gasteiger partial charge is 0.272 e.